The molecule has 1 aliphatic rings. The fourth-order valence-corrected chi connectivity index (χ4v) is 4.00. The Morgan fingerprint density at radius 1 is 0.867 bits per heavy atom. The molecule has 0 saturated carbocycles. The van der Waals surface area contributed by atoms with Crippen molar-refractivity contribution in [3.63, 3.8) is 0 Å². The Hall–Kier alpha value is 0.780. The molecular weight excluding hydrogens is 226 g/mol. The maximum absolute atomic E-state index is 5.98. The summed E-state index contributed by atoms with van der Waals surface area (Å²) in [7, 11) is 0.195. The summed E-state index contributed by atoms with van der Waals surface area (Å²) in [5.41, 5.74) is 0. The molecule has 0 radical (unpaired) electrons. The molecule has 0 unspecified atom stereocenters. The molecule has 2 atom stereocenters. The highest BCUT2D eigenvalue weighted by molar-refractivity contribution is 7.56. The van der Waals surface area contributed by atoms with Crippen LogP contribution in [0, 0.1) is 0 Å². The topological polar surface area (TPSA) is 18.5 Å². The van der Waals surface area contributed by atoms with Crippen LogP contribution in [-0.4, -0.2) is 57.0 Å². The zero-order chi connectivity index (χ0) is 11.6. The minimum Gasteiger partial charge on any atom is -0.344 e. The van der Waals surface area contributed by atoms with Crippen LogP contribution in [0.1, 0.15) is 13.8 Å². The van der Waals surface area contributed by atoms with Crippen LogP contribution in [0.25, 0.3) is 0 Å². The second-order valence-electron chi connectivity index (χ2n) is 5.24. The van der Waals surface area contributed by atoms with Crippen LogP contribution < -0.4 is 0 Å². The molecule has 1 rings (SSSR count). The lowest BCUT2D eigenvalue weighted by Crippen LogP contribution is -2.28. The van der Waals surface area contributed by atoms with E-state index in [4.69, 9.17) is 9.47 Å². The fraction of sp³-hybridized carbons (Fsp3) is 1.00. The van der Waals surface area contributed by atoms with Crippen molar-refractivity contribution >= 4 is 15.8 Å². The van der Waals surface area contributed by atoms with E-state index in [1.807, 2.05) is 13.8 Å². The van der Waals surface area contributed by atoms with Crippen molar-refractivity contribution in [2.75, 3.05) is 39.0 Å². The molecule has 0 N–H and O–H groups in total. The van der Waals surface area contributed by atoms with Gasteiger partial charge in [-0.1, -0.05) is 0 Å². The predicted molar refractivity (Wildman–Crippen MR) is 71.1 cm³/mol. The first-order valence-corrected chi connectivity index (χ1v) is 10.3. The van der Waals surface area contributed by atoms with E-state index in [0.29, 0.717) is 12.2 Å². The highest BCUT2D eigenvalue weighted by Crippen LogP contribution is 2.39. The van der Waals surface area contributed by atoms with Gasteiger partial charge in [-0.2, -0.15) is 0 Å². The summed E-state index contributed by atoms with van der Waals surface area (Å²) in [6.07, 6.45) is 3.00. The van der Waals surface area contributed by atoms with Gasteiger partial charge in [0.2, 0.25) is 0 Å². The minimum atomic E-state index is -0.369. The van der Waals surface area contributed by atoms with Gasteiger partial charge in [0.1, 0.15) is 0 Å². The van der Waals surface area contributed by atoms with Gasteiger partial charge in [0, 0.05) is 0 Å². The molecule has 0 aromatic carbocycles. The van der Waals surface area contributed by atoms with Gasteiger partial charge in [-0.25, -0.2) is 0 Å². The molecule has 90 valence electrons. The summed E-state index contributed by atoms with van der Waals surface area (Å²) in [6.45, 7) is 13.3. The molecule has 0 amide bonds. The van der Waals surface area contributed by atoms with Gasteiger partial charge in [-0.05, 0) is 52.8 Å². The van der Waals surface area contributed by atoms with Crippen LogP contribution >= 0.6 is 15.8 Å². The zero-order valence-corrected chi connectivity index (χ0v) is 12.6. The van der Waals surface area contributed by atoms with Gasteiger partial charge in [-0.3, -0.25) is 0 Å². The van der Waals surface area contributed by atoms with E-state index < -0.39 is 0 Å². The highest BCUT2D eigenvalue weighted by Gasteiger charge is 2.41. The number of rotatable bonds is 4. The van der Waals surface area contributed by atoms with Crippen molar-refractivity contribution in [2.45, 2.75) is 31.8 Å². The highest BCUT2D eigenvalue weighted by atomic mass is 31.1. The van der Waals surface area contributed by atoms with Gasteiger partial charge in [0.05, 0.1) is 12.2 Å². The average molecular weight is 250 g/mol. The van der Waals surface area contributed by atoms with Crippen molar-refractivity contribution in [3.8, 4) is 0 Å². The quantitative estimate of drug-likeness (QED) is 0.714. The monoisotopic (exact) mass is 250 g/mol. The maximum Gasteiger partial charge on any atom is 0.163 e. The van der Waals surface area contributed by atoms with Crippen molar-refractivity contribution < 1.29 is 9.47 Å². The predicted octanol–water partition coefficient (Wildman–Crippen LogP) is 2.99. The third-order valence-electron chi connectivity index (χ3n) is 2.38. The van der Waals surface area contributed by atoms with E-state index >= 15 is 0 Å². The first-order valence-electron chi connectivity index (χ1n) is 5.45. The molecule has 0 aliphatic carbocycles. The lowest BCUT2D eigenvalue weighted by atomic mass is 10.3. The lowest BCUT2D eigenvalue weighted by molar-refractivity contribution is -0.142. The van der Waals surface area contributed by atoms with Gasteiger partial charge >= 0.3 is 0 Å². The van der Waals surface area contributed by atoms with E-state index in [0.717, 1.165) is 0 Å². The van der Waals surface area contributed by atoms with Crippen LogP contribution in [0.3, 0.4) is 0 Å². The van der Waals surface area contributed by atoms with Gasteiger partial charge in [0.25, 0.3) is 0 Å². The molecule has 1 aliphatic heterocycles. The minimum absolute atomic E-state index is 0.0977. The maximum atomic E-state index is 5.98. The summed E-state index contributed by atoms with van der Waals surface area (Å²) in [4.78, 5) is 0. The molecule has 1 fully saturated rings. The Morgan fingerprint density at radius 2 is 1.20 bits per heavy atom. The SMILES string of the molecule is CP(C)C[C@@H]1OC(C)(C)O[C@H]1CP(C)C. The molecule has 4 heteroatoms. The molecule has 1 heterocycles. The van der Waals surface area contributed by atoms with Crippen molar-refractivity contribution in [1.82, 2.24) is 0 Å². The van der Waals surface area contributed by atoms with Crippen LogP contribution in [-0.2, 0) is 9.47 Å². The lowest BCUT2D eigenvalue weighted by Gasteiger charge is -2.20. The summed E-state index contributed by atoms with van der Waals surface area (Å²) in [5, 5.41) is 0. The van der Waals surface area contributed by atoms with Gasteiger partial charge in [0.15, 0.2) is 5.79 Å². The molecule has 0 bridgehead atoms. The van der Waals surface area contributed by atoms with Crippen LogP contribution in [0.2, 0.25) is 0 Å². The van der Waals surface area contributed by atoms with E-state index in [2.05, 4.69) is 26.7 Å². The van der Waals surface area contributed by atoms with Gasteiger partial charge < -0.3 is 9.47 Å². The van der Waals surface area contributed by atoms with E-state index in [9.17, 15) is 0 Å². The Bertz CT molecular complexity index is 185. The number of ether oxygens (including phenoxy) is 2. The summed E-state index contributed by atoms with van der Waals surface area (Å²) >= 11 is 0. The van der Waals surface area contributed by atoms with Gasteiger partial charge in [-0.15, -0.1) is 15.8 Å². The average Bonchev–Trinajstić information content (AvgIpc) is 2.22. The molecular formula is C11H24O2P2. The van der Waals surface area contributed by atoms with Crippen molar-refractivity contribution in [3.05, 3.63) is 0 Å². The first-order chi connectivity index (χ1) is 6.80. The van der Waals surface area contributed by atoms with Crippen molar-refractivity contribution in [2.24, 2.45) is 0 Å². The summed E-state index contributed by atoms with van der Waals surface area (Å²) < 4.78 is 12.0. The summed E-state index contributed by atoms with van der Waals surface area (Å²) in [5.74, 6) is -0.369. The molecule has 0 aromatic heterocycles. The normalized spacial score (nSPS) is 30.4. The Balaban J connectivity index is 2.57. The molecule has 1 saturated heterocycles. The third-order valence-corrected chi connectivity index (χ3v) is 4.56. The molecule has 2 nitrogen and oxygen atoms in total. The van der Waals surface area contributed by atoms with E-state index in [1.165, 1.54) is 12.3 Å². The standard InChI is InChI=1S/C11H24O2P2/c1-11(2)12-9(7-14(3)4)10(13-11)8-15(5)6/h9-10H,7-8H2,1-6H3/t9-,10-/m0/s1. The van der Waals surface area contributed by atoms with Crippen LogP contribution in [0.5, 0.6) is 0 Å². The molecule has 0 aromatic rings. The zero-order valence-electron chi connectivity index (χ0n) is 10.8. The van der Waals surface area contributed by atoms with Crippen LogP contribution in [0.15, 0.2) is 0 Å². The fourth-order valence-electron chi connectivity index (χ4n) is 1.94. The van der Waals surface area contributed by atoms with E-state index in [-0.39, 0.29) is 21.6 Å². The second-order valence-corrected chi connectivity index (χ2v) is 10.3. The third kappa shape index (κ3) is 4.65. The van der Waals surface area contributed by atoms with Crippen molar-refractivity contribution in [1.29, 1.82) is 0 Å². The second kappa shape index (κ2) is 5.41. The van der Waals surface area contributed by atoms with Crippen LogP contribution in [0.4, 0.5) is 0 Å². The molecule has 0 spiro atoms. The Kier molecular flexibility index (Phi) is 4.99. The Morgan fingerprint density at radius 3 is 1.47 bits per heavy atom. The number of hydrogen-bond acceptors (Lipinski definition) is 2. The van der Waals surface area contributed by atoms with E-state index in [1.54, 1.807) is 0 Å². The largest absolute Gasteiger partial charge is 0.344 e. The smallest absolute Gasteiger partial charge is 0.163 e. The first kappa shape index (κ1) is 13.8. The number of hydrogen-bond donors (Lipinski definition) is 0. The summed E-state index contributed by atoms with van der Waals surface area (Å²) in [6, 6.07) is 0. The molecule has 15 heavy (non-hydrogen) atoms. The Labute approximate surface area is 96.6 Å².